The summed E-state index contributed by atoms with van der Waals surface area (Å²) < 4.78 is 12.3. The smallest absolute Gasteiger partial charge is 0.314 e. The predicted octanol–water partition coefficient (Wildman–Crippen LogP) is 0.633. The summed E-state index contributed by atoms with van der Waals surface area (Å²) in [6.45, 7) is 2.71. The first-order chi connectivity index (χ1) is 5.33. The van der Waals surface area contributed by atoms with E-state index in [1.165, 1.54) is 0 Å². The van der Waals surface area contributed by atoms with E-state index >= 15 is 0 Å². The maximum atomic E-state index is 12.3. The fourth-order valence-corrected chi connectivity index (χ4v) is 0.567. The van der Waals surface area contributed by atoms with Gasteiger partial charge in [0.05, 0.1) is 0 Å². The van der Waals surface area contributed by atoms with Crippen LogP contribution in [0.3, 0.4) is 0 Å². The van der Waals surface area contributed by atoms with E-state index in [4.69, 9.17) is 0 Å². The van der Waals surface area contributed by atoms with E-state index in [-0.39, 0.29) is 5.95 Å². The van der Waals surface area contributed by atoms with Crippen molar-refractivity contribution in [2.45, 2.75) is 13.3 Å². The highest BCUT2D eigenvalue weighted by atomic mass is 19.1. The Bertz CT molecular complexity index is 228. The van der Waals surface area contributed by atoms with Crippen molar-refractivity contribution in [2.24, 2.45) is 0 Å². The van der Waals surface area contributed by atoms with Crippen LogP contribution >= 0.6 is 0 Å². The molecule has 0 spiro atoms. The normalized spacial score (nSPS) is 9.64. The highest BCUT2D eigenvalue weighted by Crippen LogP contribution is 1.94. The highest BCUT2D eigenvalue weighted by molar-refractivity contribution is 5.19. The van der Waals surface area contributed by atoms with Gasteiger partial charge in [0.25, 0.3) is 0 Å². The molecule has 0 amide bonds. The van der Waals surface area contributed by atoms with Gasteiger partial charge in [0.1, 0.15) is 0 Å². The predicted molar refractivity (Wildman–Crippen MR) is 37.4 cm³/mol. The van der Waals surface area contributed by atoms with Gasteiger partial charge in [-0.1, -0.05) is 6.92 Å². The quantitative estimate of drug-likeness (QED) is 0.695. The maximum absolute atomic E-state index is 12.3. The zero-order valence-electron chi connectivity index (χ0n) is 6.13. The molecule has 1 aromatic rings. The average molecular weight is 155 g/mol. The highest BCUT2D eigenvalue weighted by Gasteiger charge is 1.96. The van der Waals surface area contributed by atoms with Gasteiger partial charge in [-0.3, -0.25) is 0 Å². The lowest BCUT2D eigenvalue weighted by molar-refractivity contribution is 0.532. The zero-order chi connectivity index (χ0) is 8.10. The summed E-state index contributed by atoms with van der Waals surface area (Å²) in [5.41, 5.74) is 0. The van der Waals surface area contributed by atoms with Crippen LogP contribution in [0.15, 0.2) is 0 Å². The van der Waals surface area contributed by atoms with Crippen molar-refractivity contribution in [1.82, 2.24) is 15.0 Å². The van der Waals surface area contributed by atoms with Gasteiger partial charge in [0, 0.05) is 6.54 Å². The molecule has 5 heteroatoms. The van der Waals surface area contributed by atoms with Crippen LogP contribution in [0.4, 0.5) is 10.3 Å². The minimum absolute atomic E-state index is 0.236. The molecule has 4 nitrogen and oxygen atoms in total. The largest absolute Gasteiger partial charge is 0.354 e. The molecular weight excluding hydrogens is 147 g/mol. The zero-order valence-corrected chi connectivity index (χ0v) is 6.13. The topological polar surface area (TPSA) is 50.7 Å². The fourth-order valence-electron chi connectivity index (χ4n) is 0.567. The lowest BCUT2D eigenvalue weighted by Gasteiger charge is -1.99. The second-order valence-electron chi connectivity index (χ2n) is 1.95. The Morgan fingerprint density at radius 1 is 1.55 bits per heavy atom. The van der Waals surface area contributed by atoms with Gasteiger partial charge < -0.3 is 5.32 Å². The monoisotopic (exact) mass is 155 g/mol. The first-order valence-corrected chi connectivity index (χ1v) is 3.34. The fraction of sp³-hybridized carbons (Fsp3) is 0.500. The van der Waals surface area contributed by atoms with Crippen LogP contribution in [0.5, 0.6) is 0 Å². The summed E-state index contributed by atoms with van der Waals surface area (Å²) in [6, 6.07) is 0. The molecule has 0 unspecified atom stereocenters. The lowest BCUT2D eigenvalue weighted by Crippen LogP contribution is -2.05. The van der Waals surface area contributed by atoms with Crippen molar-refractivity contribution in [2.75, 3.05) is 11.9 Å². The maximum Gasteiger partial charge on any atom is 0.314 e. The molecular formula is C6H8FN4. The molecule has 0 aliphatic heterocycles. The summed E-state index contributed by atoms with van der Waals surface area (Å²) in [5.74, 6) is 0.236. The number of rotatable bonds is 3. The van der Waals surface area contributed by atoms with E-state index in [2.05, 4.69) is 26.6 Å². The van der Waals surface area contributed by atoms with Gasteiger partial charge >= 0.3 is 6.08 Å². The number of hydrogen-bond acceptors (Lipinski definition) is 4. The summed E-state index contributed by atoms with van der Waals surface area (Å²) in [6.07, 6.45) is 2.27. The third-order valence-electron chi connectivity index (χ3n) is 1.03. The molecule has 0 bridgehead atoms. The molecule has 11 heavy (non-hydrogen) atoms. The average Bonchev–Trinajstić information content (AvgIpc) is 2.01. The van der Waals surface area contributed by atoms with E-state index < -0.39 is 6.08 Å². The summed E-state index contributed by atoms with van der Waals surface area (Å²) >= 11 is 0. The molecule has 0 aromatic carbocycles. The van der Waals surface area contributed by atoms with Crippen molar-refractivity contribution in [3.63, 3.8) is 0 Å². The van der Waals surface area contributed by atoms with Gasteiger partial charge in [0.15, 0.2) is 0 Å². The van der Waals surface area contributed by atoms with E-state index in [0.29, 0.717) is 0 Å². The Labute approximate surface area is 63.9 Å². The number of nitrogens with one attached hydrogen (secondary N) is 1. The van der Waals surface area contributed by atoms with E-state index in [1.807, 2.05) is 6.92 Å². The minimum Gasteiger partial charge on any atom is -0.354 e. The van der Waals surface area contributed by atoms with Crippen LogP contribution in [0.25, 0.3) is 0 Å². The van der Waals surface area contributed by atoms with Crippen LogP contribution in [0, 0.1) is 12.4 Å². The van der Waals surface area contributed by atoms with E-state index in [0.717, 1.165) is 13.0 Å². The molecule has 1 aromatic heterocycles. The SMILES string of the molecule is CCCNc1n[c]nc(F)n1. The summed E-state index contributed by atoms with van der Waals surface area (Å²) in [7, 11) is 0. The van der Waals surface area contributed by atoms with Crippen LogP contribution in [-0.2, 0) is 0 Å². The second-order valence-corrected chi connectivity index (χ2v) is 1.95. The summed E-state index contributed by atoms with van der Waals surface area (Å²) in [5, 5.41) is 2.80. The van der Waals surface area contributed by atoms with Crippen LogP contribution < -0.4 is 5.32 Å². The second kappa shape index (κ2) is 3.80. The van der Waals surface area contributed by atoms with Crippen molar-refractivity contribution in [1.29, 1.82) is 0 Å². The number of anilines is 1. The molecule has 1 radical (unpaired) electrons. The van der Waals surface area contributed by atoms with Crippen LogP contribution in [0.2, 0.25) is 0 Å². The number of halogens is 1. The Morgan fingerprint density at radius 3 is 3.00 bits per heavy atom. The van der Waals surface area contributed by atoms with Crippen molar-refractivity contribution < 1.29 is 4.39 Å². The first kappa shape index (κ1) is 7.84. The lowest BCUT2D eigenvalue weighted by atomic mass is 10.5. The van der Waals surface area contributed by atoms with Gasteiger partial charge in [-0.05, 0) is 6.42 Å². The van der Waals surface area contributed by atoms with Crippen molar-refractivity contribution >= 4 is 5.95 Å². The molecule has 1 heterocycles. The van der Waals surface area contributed by atoms with Crippen molar-refractivity contribution in [3.05, 3.63) is 12.4 Å². The Hall–Kier alpha value is -1.26. The number of hydrogen-bond donors (Lipinski definition) is 1. The number of aromatic nitrogens is 3. The van der Waals surface area contributed by atoms with Crippen molar-refractivity contribution in [3.8, 4) is 0 Å². The molecule has 0 saturated heterocycles. The molecule has 0 aliphatic rings. The molecule has 0 saturated carbocycles. The summed E-state index contributed by atoms with van der Waals surface area (Å²) in [4.78, 5) is 10.1. The van der Waals surface area contributed by atoms with Crippen LogP contribution in [0.1, 0.15) is 13.3 Å². The van der Waals surface area contributed by atoms with Crippen LogP contribution in [-0.4, -0.2) is 21.5 Å². The molecule has 0 aliphatic carbocycles. The van der Waals surface area contributed by atoms with Gasteiger partial charge in [0.2, 0.25) is 12.3 Å². The first-order valence-electron chi connectivity index (χ1n) is 3.34. The Morgan fingerprint density at radius 2 is 2.36 bits per heavy atom. The minimum atomic E-state index is -0.807. The van der Waals surface area contributed by atoms with Gasteiger partial charge in [-0.25, -0.2) is 0 Å². The number of nitrogens with zero attached hydrogens (tertiary/aromatic N) is 3. The Balaban J connectivity index is 2.56. The van der Waals surface area contributed by atoms with E-state index in [9.17, 15) is 4.39 Å². The standard InChI is InChI=1S/C6H8FN4/c1-2-3-8-6-10-4-9-5(7)11-6/h2-3H2,1H3,(H,8,9,10,11). The third kappa shape index (κ3) is 2.45. The molecule has 1 N–H and O–H groups in total. The molecule has 1 rings (SSSR count). The molecule has 0 fully saturated rings. The van der Waals surface area contributed by atoms with E-state index in [1.54, 1.807) is 0 Å². The van der Waals surface area contributed by atoms with Gasteiger partial charge in [-0.2, -0.15) is 19.3 Å². The Kier molecular flexibility index (Phi) is 2.71. The molecule has 0 atom stereocenters. The molecule has 59 valence electrons. The third-order valence-corrected chi connectivity index (χ3v) is 1.03. The van der Waals surface area contributed by atoms with Gasteiger partial charge in [-0.15, -0.1) is 0 Å².